The van der Waals surface area contributed by atoms with E-state index in [1.165, 1.54) is 6.33 Å². The second-order valence-electron chi connectivity index (χ2n) is 8.19. The number of rotatable bonds is 9. The van der Waals surface area contributed by atoms with Crippen LogP contribution >= 0.6 is 0 Å². The Kier molecular flexibility index (Phi) is 6.95. The molecular weight excluding hydrogens is 428 g/mol. The number of nitrogens with two attached hydrogens (primary N) is 1. The highest BCUT2D eigenvalue weighted by Crippen LogP contribution is 2.36. The van der Waals surface area contributed by atoms with E-state index in [0.717, 1.165) is 34.3 Å². The molecule has 0 saturated carbocycles. The quantitative estimate of drug-likeness (QED) is 0.326. The number of nitrogens with one attached hydrogen (secondary N) is 1. The van der Waals surface area contributed by atoms with Crippen molar-refractivity contribution >= 4 is 22.5 Å². The van der Waals surface area contributed by atoms with Gasteiger partial charge in [-0.25, -0.2) is 9.97 Å². The van der Waals surface area contributed by atoms with Crippen molar-refractivity contribution in [1.82, 2.24) is 14.5 Å². The maximum Gasteiger partial charge on any atom is 0.147 e. The number of ether oxygens (including phenoxy) is 2. The van der Waals surface area contributed by atoms with Crippen molar-refractivity contribution in [3.8, 4) is 28.7 Å². The number of hydrogen-bond acceptors (Lipinski definition) is 7. The Morgan fingerprint density at radius 3 is 2.65 bits per heavy atom. The van der Waals surface area contributed by atoms with Crippen LogP contribution in [0.2, 0.25) is 0 Å². The maximum absolute atomic E-state index is 9.73. The summed E-state index contributed by atoms with van der Waals surface area (Å²) >= 11 is 0. The Balaban J connectivity index is 1.60. The lowest BCUT2D eigenvalue weighted by Gasteiger charge is -2.13. The summed E-state index contributed by atoms with van der Waals surface area (Å²) in [6.45, 7) is 5.57. The van der Waals surface area contributed by atoms with Gasteiger partial charge in [-0.3, -0.25) is 0 Å². The van der Waals surface area contributed by atoms with Crippen molar-refractivity contribution in [2.45, 2.75) is 26.3 Å². The molecule has 0 radical (unpaired) electrons. The molecule has 0 aliphatic rings. The van der Waals surface area contributed by atoms with Gasteiger partial charge in [0.2, 0.25) is 0 Å². The summed E-state index contributed by atoms with van der Waals surface area (Å²) in [5, 5.41) is 13.8. The Morgan fingerprint density at radius 1 is 1.15 bits per heavy atom. The summed E-state index contributed by atoms with van der Waals surface area (Å²) in [5.74, 6) is 1.59. The van der Waals surface area contributed by atoms with E-state index in [1.54, 1.807) is 13.2 Å². The summed E-state index contributed by atoms with van der Waals surface area (Å²) in [7, 11) is 1.67. The summed E-state index contributed by atoms with van der Waals surface area (Å²) in [5.41, 5.74) is 10.2. The van der Waals surface area contributed by atoms with Crippen LogP contribution in [0, 0.1) is 11.3 Å². The highest BCUT2D eigenvalue weighted by molar-refractivity contribution is 6.00. The molecule has 174 valence electrons. The molecular formula is C26H28N6O2. The molecule has 0 saturated heterocycles. The third-order valence-electron chi connectivity index (χ3n) is 5.57. The second kappa shape index (κ2) is 10.2. The van der Waals surface area contributed by atoms with Gasteiger partial charge in [0.15, 0.2) is 0 Å². The number of benzene rings is 2. The number of aromatic nitrogens is 3. The molecule has 0 spiro atoms. The number of anilines is 2. The van der Waals surface area contributed by atoms with Gasteiger partial charge < -0.3 is 25.1 Å². The molecule has 0 fully saturated rings. The Bertz CT molecular complexity index is 1320. The maximum atomic E-state index is 9.73. The third-order valence-corrected chi connectivity index (χ3v) is 5.57. The van der Waals surface area contributed by atoms with Crippen molar-refractivity contribution in [3.63, 3.8) is 0 Å². The lowest BCUT2D eigenvalue weighted by molar-refractivity contribution is 0.198. The van der Waals surface area contributed by atoms with Crippen LogP contribution in [-0.4, -0.2) is 34.8 Å². The van der Waals surface area contributed by atoms with Crippen molar-refractivity contribution < 1.29 is 9.47 Å². The lowest BCUT2D eigenvalue weighted by atomic mass is 10.1. The Hall–Kier alpha value is -4.09. The minimum atomic E-state index is 0.230. The minimum Gasteiger partial charge on any atom is -0.456 e. The molecule has 0 bridgehead atoms. The van der Waals surface area contributed by atoms with E-state index >= 15 is 0 Å². The van der Waals surface area contributed by atoms with E-state index in [1.807, 2.05) is 36.4 Å². The van der Waals surface area contributed by atoms with Crippen LogP contribution < -0.4 is 15.8 Å². The standard InChI is InChI=1S/C26H28N6O2/c1-17(2)32-15-21(24-25(28)30-16-31-26(24)32)18-8-10-19(11-9-18)34-23-7-4-6-22(20(23)14-27)29-12-5-13-33-3/h4,6-11,15-17,29H,5,12-13H2,1-3H3,(H2,28,30,31). The predicted octanol–water partition coefficient (Wildman–Crippen LogP) is 5.37. The van der Waals surface area contributed by atoms with Gasteiger partial charge >= 0.3 is 0 Å². The molecule has 34 heavy (non-hydrogen) atoms. The first-order valence-electron chi connectivity index (χ1n) is 11.2. The highest BCUT2D eigenvalue weighted by Gasteiger charge is 2.17. The fraction of sp³-hybridized carbons (Fsp3) is 0.269. The van der Waals surface area contributed by atoms with Crippen molar-refractivity contribution in [2.75, 3.05) is 31.3 Å². The molecule has 4 rings (SSSR count). The molecule has 0 aliphatic heterocycles. The lowest BCUT2D eigenvalue weighted by Crippen LogP contribution is -2.06. The zero-order valence-corrected chi connectivity index (χ0v) is 19.6. The van der Waals surface area contributed by atoms with Gasteiger partial charge in [-0.1, -0.05) is 18.2 Å². The number of methoxy groups -OCH3 is 1. The van der Waals surface area contributed by atoms with Crippen molar-refractivity contribution in [2.24, 2.45) is 0 Å². The van der Waals surface area contributed by atoms with Crippen molar-refractivity contribution in [1.29, 1.82) is 5.26 Å². The van der Waals surface area contributed by atoms with Gasteiger partial charge in [0.25, 0.3) is 0 Å². The van der Waals surface area contributed by atoms with Gasteiger partial charge in [-0.15, -0.1) is 0 Å². The first-order chi connectivity index (χ1) is 16.5. The summed E-state index contributed by atoms with van der Waals surface area (Å²) < 4.78 is 13.2. The highest BCUT2D eigenvalue weighted by atomic mass is 16.5. The van der Waals surface area contributed by atoms with Crippen LogP contribution in [-0.2, 0) is 4.74 Å². The fourth-order valence-corrected chi connectivity index (χ4v) is 3.87. The zero-order valence-electron chi connectivity index (χ0n) is 19.6. The van der Waals surface area contributed by atoms with Gasteiger partial charge in [0.1, 0.15) is 40.9 Å². The molecule has 2 heterocycles. The molecule has 0 amide bonds. The molecule has 3 N–H and O–H groups in total. The molecule has 0 aliphatic carbocycles. The summed E-state index contributed by atoms with van der Waals surface area (Å²) in [4.78, 5) is 8.63. The average Bonchev–Trinajstić information content (AvgIpc) is 3.24. The van der Waals surface area contributed by atoms with Crippen molar-refractivity contribution in [3.05, 3.63) is 60.6 Å². The monoisotopic (exact) mass is 456 g/mol. The normalized spacial score (nSPS) is 11.0. The molecule has 8 nitrogen and oxygen atoms in total. The van der Waals surface area contributed by atoms with Gasteiger partial charge in [-0.2, -0.15) is 5.26 Å². The van der Waals surface area contributed by atoms with Gasteiger partial charge in [0, 0.05) is 38.1 Å². The molecule has 8 heteroatoms. The molecule has 4 aromatic rings. The molecule has 0 unspecified atom stereocenters. The fourth-order valence-electron chi connectivity index (χ4n) is 3.87. The Labute approximate surface area is 199 Å². The summed E-state index contributed by atoms with van der Waals surface area (Å²) in [6.07, 6.45) is 4.39. The van der Waals surface area contributed by atoms with Crippen LogP contribution in [0.15, 0.2) is 55.0 Å². The topological polar surface area (TPSA) is 111 Å². The molecule has 2 aromatic carbocycles. The number of nitriles is 1. The van der Waals surface area contributed by atoms with E-state index in [-0.39, 0.29) is 6.04 Å². The Morgan fingerprint density at radius 2 is 1.94 bits per heavy atom. The van der Waals surface area contributed by atoms with E-state index in [9.17, 15) is 5.26 Å². The van der Waals surface area contributed by atoms with E-state index < -0.39 is 0 Å². The second-order valence-corrected chi connectivity index (χ2v) is 8.19. The largest absolute Gasteiger partial charge is 0.456 e. The van der Waals surface area contributed by atoms with Gasteiger partial charge in [0.05, 0.1) is 11.1 Å². The first kappa shape index (κ1) is 23.1. The van der Waals surface area contributed by atoms with E-state index in [2.05, 4.69) is 46.0 Å². The number of nitrogens with zero attached hydrogens (tertiary/aromatic N) is 4. The number of nitrogen functional groups attached to an aromatic ring is 1. The predicted molar refractivity (Wildman–Crippen MR) is 134 cm³/mol. The first-order valence-corrected chi connectivity index (χ1v) is 11.2. The smallest absolute Gasteiger partial charge is 0.147 e. The van der Waals surface area contributed by atoms with Crippen LogP contribution in [0.3, 0.4) is 0 Å². The van der Waals surface area contributed by atoms with E-state index in [4.69, 9.17) is 15.2 Å². The SMILES string of the molecule is COCCCNc1cccc(Oc2ccc(-c3cn(C(C)C)c4ncnc(N)c34)cc2)c1C#N. The van der Waals surface area contributed by atoms with Crippen LogP contribution in [0.1, 0.15) is 31.9 Å². The van der Waals surface area contributed by atoms with E-state index in [0.29, 0.717) is 36.0 Å². The number of fused-ring (bicyclic) bond motifs is 1. The minimum absolute atomic E-state index is 0.230. The van der Waals surface area contributed by atoms with Crippen LogP contribution in [0.4, 0.5) is 11.5 Å². The third kappa shape index (κ3) is 4.65. The molecule has 2 aromatic heterocycles. The average molecular weight is 457 g/mol. The van der Waals surface area contributed by atoms with Gasteiger partial charge in [-0.05, 0) is 50.1 Å². The van der Waals surface area contributed by atoms with Crippen LogP contribution in [0.5, 0.6) is 11.5 Å². The molecule has 0 atom stereocenters. The summed E-state index contributed by atoms with van der Waals surface area (Å²) in [6, 6.07) is 15.7. The van der Waals surface area contributed by atoms with Crippen LogP contribution in [0.25, 0.3) is 22.2 Å². The number of hydrogen-bond donors (Lipinski definition) is 2. The zero-order chi connectivity index (χ0) is 24.1.